The molecule has 0 radical (unpaired) electrons. The molecule has 0 saturated heterocycles. The van der Waals surface area contributed by atoms with Crippen molar-refractivity contribution >= 4 is 0 Å². The third-order valence-electron chi connectivity index (χ3n) is 4.37. The molecule has 2 aliphatic carbocycles. The molecule has 0 aromatic rings. The molecule has 1 nitrogen and oxygen atoms in total. The number of rotatable bonds is 6. The van der Waals surface area contributed by atoms with E-state index in [-0.39, 0.29) is 0 Å². The summed E-state index contributed by atoms with van der Waals surface area (Å²) in [5.41, 5.74) is 0. The van der Waals surface area contributed by atoms with Crippen molar-refractivity contribution in [1.29, 1.82) is 0 Å². The molecule has 2 fully saturated rings. The fraction of sp³-hybridized carbons (Fsp3) is 1.00. The first-order chi connectivity index (χ1) is 7.25. The number of nitrogens with one attached hydrogen (secondary N) is 1. The second-order valence-electron chi connectivity index (χ2n) is 6.18. The zero-order valence-electron chi connectivity index (χ0n) is 10.5. The number of hydrogen-bond donors (Lipinski definition) is 1. The molecule has 88 valence electrons. The predicted molar refractivity (Wildman–Crippen MR) is 65.9 cm³/mol. The highest BCUT2D eigenvalue weighted by Crippen LogP contribution is 2.49. The van der Waals surface area contributed by atoms with E-state index in [0.29, 0.717) is 0 Å². The van der Waals surface area contributed by atoms with Crippen molar-refractivity contribution in [3.8, 4) is 0 Å². The van der Waals surface area contributed by atoms with E-state index in [1.165, 1.54) is 25.9 Å². The second-order valence-corrected chi connectivity index (χ2v) is 6.18. The van der Waals surface area contributed by atoms with Crippen LogP contribution in [-0.2, 0) is 0 Å². The van der Waals surface area contributed by atoms with Gasteiger partial charge < -0.3 is 5.32 Å². The van der Waals surface area contributed by atoms with Crippen LogP contribution < -0.4 is 5.32 Å². The molecule has 0 amide bonds. The molecule has 2 rings (SSSR count). The minimum Gasteiger partial charge on any atom is -0.316 e. The maximum Gasteiger partial charge on any atom is -0.00258 e. The summed E-state index contributed by atoms with van der Waals surface area (Å²) < 4.78 is 0. The van der Waals surface area contributed by atoms with Crippen LogP contribution in [0.2, 0.25) is 0 Å². The molecule has 3 unspecified atom stereocenters. The van der Waals surface area contributed by atoms with E-state index in [2.05, 4.69) is 19.2 Å². The van der Waals surface area contributed by atoms with Gasteiger partial charge in [-0.3, -0.25) is 0 Å². The molecule has 0 heterocycles. The maximum atomic E-state index is 3.55. The van der Waals surface area contributed by atoms with E-state index in [4.69, 9.17) is 0 Å². The summed E-state index contributed by atoms with van der Waals surface area (Å²) in [6.45, 7) is 6.99. The number of fused-ring (bicyclic) bond motifs is 2. The van der Waals surface area contributed by atoms with Crippen LogP contribution in [0.3, 0.4) is 0 Å². The first-order valence-corrected chi connectivity index (χ1v) is 6.96. The molecule has 0 aromatic heterocycles. The van der Waals surface area contributed by atoms with E-state index in [1.807, 2.05) is 0 Å². The first-order valence-electron chi connectivity index (χ1n) is 6.96. The van der Waals surface area contributed by atoms with Crippen LogP contribution in [0.25, 0.3) is 0 Å². The summed E-state index contributed by atoms with van der Waals surface area (Å²) in [7, 11) is 0. The summed E-state index contributed by atoms with van der Waals surface area (Å²) in [6, 6.07) is 0. The Morgan fingerprint density at radius 3 is 2.67 bits per heavy atom. The highest BCUT2D eigenvalue weighted by atomic mass is 14.8. The van der Waals surface area contributed by atoms with Crippen molar-refractivity contribution in [2.75, 3.05) is 13.1 Å². The molecule has 0 aromatic carbocycles. The van der Waals surface area contributed by atoms with E-state index in [1.54, 1.807) is 25.7 Å². The average molecular weight is 209 g/mol. The molecule has 2 saturated carbocycles. The Labute approximate surface area is 95.0 Å². The smallest absolute Gasteiger partial charge is 0.00258 e. The highest BCUT2D eigenvalue weighted by Gasteiger charge is 2.38. The van der Waals surface area contributed by atoms with Gasteiger partial charge in [-0.05, 0) is 68.9 Å². The molecule has 3 atom stereocenters. The Hall–Kier alpha value is -0.0400. The van der Waals surface area contributed by atoms with Crippen molar-refractivity contribution < 1.29 is 0 Å². The zero-order valence-corrected chi connectivity index (χ0v) is 10.5. The molecular weight excluding hydrogens is 182 g/mol. The molecule has 1 N–H and O–H groups in total. The van der Waals surface area contributed by atoms with E-state index in [9.17, 15) is 0 Å². The van der Waals surface area contributed by atoms with Gasteiger partial charge in [0.2, 0.25) is 0 Å². The molecule has 2 bridgehead atoms. The largest absolute Gasteiger partial charge is 0.316 e. The van der Waals surface area contributed by atoms with Crippen molar-refractivity contribution in [1.82, 2.24) is 5.32 Å². The normalized spacial score (nSPS) is 34.2. The summed E-state index contributed by atoms with van der Waals surface area (Å²) in [4.78, 5) is 0. The minimum atomic E-state index is 0.799. The molecule has 0 aliphatic heterocycles. The molecule has 15 heavy (non-hydrogen) atoms. The fourth-order valence-corrected chi connectivity index (χ4v) is 3.61. The third-order valence-corrected chi connectivity index (χ3v) is 4.37. The van der Waals surface area contributed by atoms with Crippen molar-refractivity contribution in [3.63, 3.8) is 0 Å². The van der Waals surface area contributed by atoms with Gasteiger partial charge in [-0.15, -0.1) is 0 Å². The van der Waals surface area contributed by atoms with Gasteiger partial charge >= 0.3 is 0 Å². The van der Waals surface area contributed by atoms with Gasteiger partial charge in [0, 0.05) is 0 Å². The minimum absolute atomic E-state index is 0.799. The van der Waals surface area contributed by atoms with E-state index in [0.717, 1.165) is 23.7 Å². The van der Waals surface area contributed by atoms with Gasteiger partial charge in [0.25, 0.3) is 0 Å². The van der Waals surface area contributed by atoms with Crippen LogP contribution in [0.15, 0.2) is 0 Å². The van der Waals surface area contributed by atoms with Crippen molar-refractivity contribution in [3.05, 3.63) is 0 Å². The van der Waals surface area contributed by atoms with Gasteiger partial charge in [-0.25, -0.2) is 0 Å². The second kappa shape index (κ2) is 5.34. The lowest BCUT2D eigenvalue weighted by Gasteiger charge is -2.21. The molecular formula is C14H27N. The molecule has 1 heteroatoms. The van der Waals surface area contributed by atoms with E-state index < -0.39 is 0 Å². The summed E-state index contributed by atoms with van der Waals surface area (Å²) in [5.74, 6) is 4.15. The molecule has 2 aliphatic rings. The Balaban J connectivity index is 1.51. The maximum absolute atomic E-state index is 3.55. The quantitative estimate of drug-likeness (QED) is 0.661. The Morgan fingerprint density at radius 1 is 1.20 bits per heavy atom. The van der Waals surface area contributed by atoms with Crippen LogP contribution in [-0.4, -0.2) is 13.1 Å². The topological polar surface area (TPSA) is 12.0 Å². The van der Waals surface area contributed by atoms with Gasteiger partial charge in [0.05, 0.1) is 0 Å². The third kappa shape index (κ3) is 3.21. The fourth-order valence-electron chi connectivity index (χ4n) is 3.61. The van der Waals surface area contributed by atoms with Crippen LogP contribution in [0.5, 0.6) is 0 Å². The van der Waals surface area contributed by atoms with Crippen molar-refractivity contribution in [2.24, 2.45) is 23.7 Å². The summed E-state index contributed by atoms with van der Waals surface area (Å²) >= 11 is 0. The lowest BCUT2D eigenvalue weighted by atomic mass is 9.85. The van der Waals surface area contributed by atoms with Crippen LogP contribution >= 0.6 is 0 Å². The Morgan fingerprint density at radius 2 is 2.07 bits per heavy atom. The monoisotopic (exact) mass is 209 g/mol. The summed E-state index contributed by atoms with van der Waals surface area (Å²) in [6.07, 6.45) is 9.13. The molecule has 0 spiro atoms. The summed E-state index contributed by atoms with van der Waals surface area (Å²) in [5, 5.41) is 3.55. The van der Waals surface area contributed by atoms with Gasteiger partial charge in [0.1, 0.15) is 0 Å². The highest BCUT2D eigenvalue weighted by molar-refractivity contribution is 4.89. The zero-order chi connectivity index (χ0) is 10.7. The Bertz CT molecular complexity index is 188. The standard InChI is InChI=1S/C14H27N/c1-11(2)10-15-7-3-4-13-8-12-5-6-14(13)9-12/h11-15H,3-10H2,1-2H3. The van der Waals surface area contributed by atoms with Gasteiger partial charge in [-0.2, -0.15) is 0 Å². The average Bonchev–Trinajstić information content (AvgIpc) is 2.78. The predicted octanol–water partition coefficient (Wildman–Crippen LogP) is 3.45. The van der Waals surface area contributed by atoms with Crippen LogP contribution in [0.4, 0.5) is 0 Å². The SMILES string of the molecule is CC(C)CNCCCC1CC2CCC1C2. The van der Waals surface area contributed by atoms with Gasteiger partial charge in [-0.1, -0.05) is 20.3 Å². The van der Waals surface area contributed by atoms with Gasteiger partial charge in [0.15, 0.2) is 0 Å². The van der Waals surface area contributed by atoms with E-state index >= 15 is 0 Å². The lowest BCUT2D eigenvalue weighted by Crippen LogP contribution is -2.21. The van der Waals surface area contributed by atoms with Crippen molar-refractivity contribution in [2.45, 2.75) is 52.4 Å². The van der Waals surface area contributed by atoms with Crippen LogP contribution in [0, 0.1) is 23.7 Å². The number of hydrogen-bond acceptors (Lipinski definition) is 1. The Kier molecular flexibility index (Phi) is 4.07. The lowest BCUT2D eigenvalue weighted by molar-refractivity contribution is 0.306. The van der Waals surface area contributed by atoms with Crippen LogP contribution in [0.1, 0.15) is 52.4 Å². The first kappa shape index (κ1) is 11.4.